The molecule has 1 aliphatic rings. The fraction of sp³-hybridized carbons (Fsp3) is 0.824. The molecule has 1 saturated heterocycles. The number of carbonyl (C=O) groups excluding carboxylic acids is 3. The third-order valence-electron chi connectivity index (χ3n) is 4.04. The summed E-state index contributed by atoms with van der Waals surface area (Å²) in [5, 5.41) is 13.3. The van der Waals surface area contributed by atoms with Crippen molar-refractivity contribution in [2.45, 2.75) is 70.9 Å². The Morgan fingerprint density at radius 2 is 2.00 bits per heavy atom. The Bertz CT molecular complexity index is 488. The van der Waals surface area contributed by atoms with E-state index in [0.717, 1.165) is 0 Å². The van der Waals surface area contributed by atoms with Crippen molar-refractivity contribution in [2.75, 3.05) is 12.0 Å². The van der Waals surface area contributed by atoms with Gasteiger partial charge in [-0.2, -0.15) is 11.8 Å². The highest BCUT2D eigenvalue weighted by Gasteiger charge is 2.48. The zero-order chi connectivity index (χ0) is 19.9. The van der Waals surface area contributed by atoms with Crippen LogP contribution in [0.3, 0.4) is 0 Å². The van der Waals surface area contributed by atoms with Crippen LogP contribution >= 0.6 is 11.8 Å². The molecule has 1 amide bonds. The van der Waals surface area contributed by atoms with Crippen molar-refractivity contribution in [1.29, 1.82) is 0 Å². The van der Waals surface area contributed by atoms with E-state index < -0.39 is 30.6 Å². The molecule has 2 N–H and O–H groups in total. The van der Waals surface area contributed by atoms with E-state index in [-0.39, 0.29) is 36.6 Å². The number of ether oxygens (including phenoxy) is 3. The molecule has 0 saturated carbocycles. The number of hydrogen-bond acceptors (Lipinski definition) is 8. The van der Waals surface area contributed by atoms with Crippen LogP contribution in [0.2, 0.25) is 0 Å². The molecule has 1 fully saturated rings. The second kappa shape index (κ2) is 10.9. The molecular formula is C17H29NO7S. The van der Waals surface area contributed by atoms with Crippen molar-refractivity contribution < 1.29 is 33.7 Å². The first-order chi connectivity index (χ1) is 12.2. The molecule has 1 rings (SSSR count). The van der Waals surface area contributed by atoms with Gasteiger partial charge >= 0.3 is 0 Å². The van der Waals surface area contributed by atoms with Gasteiger partial charge in [0.25, 0.3) is 6.47 Å². The zero-order valence-electron chi connectivity index (χ0n) is 15.8. The van der Waals surface area contributed by atoms with Crippen LogP contribution in [0.15, 0.2) is 0 Å². The summed E-state index contributed by atoms with van der Waals surface area (Å²) in [7, 11) is 0. The van der Waals surface area contributed by atoms with Gasteiger partial charge in [-0.1, -0.05) is 6.92 Å². The molecule has 0 aliphatic carbocycles. The van der Waals surface area contributed by atoms with Crippen LogP contribution in [-0.2, 0) is 28.6 Å². The van der Waals surface area contributed by atoms with Gasteiger partial charge in [-0.25, -0.2) is 0 Å². The lowest BCUT2D eigenvalue weighted by Crippen LogP contribution is -2.65. The Balaban J connectivity index is 3.02. The van der Waals surface area contributed by atoms with Crippen molar-refractivity contribution in [2.24, 2.45) is 5.92 Å². The topological polar surface area (TPSA) is 111 Å². The maximum Gasteiger partial charge on any atom is 0.295 e. The average molecular weight is 391 g/mol. The van der Waals surface area contributed by atoms with E-state index in [1.54, 1.807) is 25.6 Å². The first kappa shape index (κ1) is 22.9. The number of carbonyl (C=O) groups is 3. The molecule has 6 unspecified atom stereocenters. The normalized spacial score (nSPS) is 29.9. The molecule has 150 valence electrons. The first-order valence-electron chi connectivity index (χ1n) is 8.58. The minimum absolute atomic E-state index is 0.0170. The Morgan fingerprint density at radius 1 is 1.35 bits per heavy atom. The molecule has 1 heterocycles. The van der Waals surface area contributed by atoms with E-state index in [0.29, 0.717) is 5.75 Å². The molecule has 0 bridgehead atoms. The molecule has 0 aromatic carbocycles. The number of rotatable bonds is 10. The summed E-state index contributed by atoms with van der Waals surface area (Å²) in [6.07, 6.45) is -2.55. The molecular weight excluding hydrogens is 362 g/mol. The van der Waals surface area contributed by atoms with Crippen molar-refractivity contribution in [3.05, 3.63) is 0 Å². The quantitative estimate of drug-likeness (QED) is 0.518. The van der Waals surface area contributed by atoms with Gasteiger partial charge in [0.05, 0.1) is 18.2 Å². The monoisotopic (exact) mass is 391 g/mol. The lowest BCUT2D eigenvalue weighted by molar-refractivity contribution is -0.278. The number of amides is 1. The van der Waals surface area contributed by atoms with Crippen molar-refractivity contribution in [3.63, 3.8) is 0 Å². The Labute approximate surface area is 158 Å². The first-order valence-corrected chi connectivity index (χ1v) is 9.97. The summed E-state index contributed by atoms with van der Waals surface area (Å²) in [4.78, 5) is 34.8. The SMILES string of the molecule is CSCC(C)C(=O)CC1OC(OC=O)C(OC(C)C)C(O)C1NC(C)=O. The van der Waals surface area contributed by atoms with Crippen LogP contribution < -0.4 is 5.32 Å². The predicted octanol–water partition coefficient (Wildman–Crippen LogP) is 0.502. The minimum atomic E-state index is -1.20. The number of Topliss-reactive ketones (excluding diaryl/α,β-unsaturated/α-hetero) is 1. The van der Waals surface area contributed by atoms with Gasteiger partial charge in [0.15, 0.2) is 0 Å². The van der Waals surface area contributed by atoms with Crippen LogP contribution in [0.1, 0.15) is 34.1 Å². The second-order valence-corrected chi connectivity index (χ2v) is 7.58. The van der Waals surface area contributed by atoms with Gasteiger partial charge in [0.1, 0.15) is 18.0 Å². The standard InChI is InChI=1S/C17H29NO7S/c1-9(2)24-16-15(22)14(18-11(4)20)13(25-17(16)23-8-19)6-12(21)10(3)7-26-5/h8-10,13-17,22H,6-7H2,1-5H3,(H,18,20). The van der Waals surface area contributed by atoms with Crippen LogP contribution in [0, 0.1) is 5.92 Å². The molecule has 8 nitrogen and oxygen atoms in total. The van der Waals surface area contributed by atoms with E-state index in [4.69, 9.17) is 14.2 Å². The molecule has 6 atom stereocenters. The lowest BCUT2D eigenvalue weighted by atomic mass is 9.90. The maximum atomic E-state index is 12.4. The summed E-state index contributed by atoms with van der Waals surface area (Å²) in [6, 6.07) is -0.854. The van der Waals surface area contributed by atoms with Crippen molar-refractivity contribution in [3.8, 4) is 0 Å². The average Bonchev–Trinajstić information content (AvgIpc) is 2.54. The number of hydrogen-bond donors (Lipinski definition) is 2. The fourth-order valence-corrected chi connectivity index (χ4v) is 3.56. The van der Waals surface area contributed by atoms with Gasteiger partial charge < -0.3 is 24.6 Å². The van der Waals surface area contributed by atoms with Crippen LogP contribution in [0.5, 0.6) is 0 Å². The Morgan fingerprint density at radius 3 is 2.50 bits per heavy atom. The fourth-order valence-electron chi connectivity index (χ4n) is 2.87. The number of aliphatic hydroxyl groups excluding tert-OH is 1. The van der Waals surface area contributed by atoms with Crippen LogP contribution in [-0.4, -0.2) is 72.0 Å². The van der Waals surface area contributed by atoms with Gasteiger partial charge in [-0.15, -0.1) is 0 Å². The van der Waals surface area contributed by atoms with Gasteiger partial charge in [0, 0.05) is 25.0 Å². The maximum absolute atomic E-state index is 12.4. The van der Waals surface area contributed by atoms with Crippen molar-refractivity contribution >= 4 is 29.9 Å². The minimum Gasteiger partial charge on any atom is -0.435 e. The third-order valence-corrected chi connectivity index (χ3v) is 4.87. The molecule has 0 spiro atoms. The molecule has 0 radical (unpaired) electrons. The summed E-state index contributed by atoms with van der Waals surface area (Å²) in [5.41, 5.74) is 0. The summed E-state index contributed by atoms with van der Waals surface area (Å²) in [6.45, 7) is 6.86. The number of nitrogens with one attached hydrogen (secondary N) is 1. The van der Waals surface area contributed by atoms with E-state index in [9.17, 15) is 19.5 Å². The highest BCUT2D eigenvalue weighted by Crippen LogP contribution is 2.28. The molecule has 0 aromatic rings. The highest BCUT2D eigenvalue weighted by molar-refractivity contribution is 7.98. The van der Waals surface area contributed by atoms with E-state index in [2.05, 4.69) is 5.32 Å². The van der Waals surface area contributed by atoms with Crippen LogP contribution in [0.25, 0.3) is 0 Å². The Hall–Kier alpha value is -1.16. The van der Waals surface area contributed by atoms with E-state index in [1.807, 2.05) is 13.2 Å². The smallest absolute Gasteiger partial charge is 0.295 e. The summed E-state index contributed by atoms with van der Waals surface area (Å²) in [5.74, 6) is 0.0378. The third kappa shape index (κ3) is 6.53. The molecule has 26 heavy (non-hydrogen) atoms. The predicted molar refractivity (Wildman–Crippen MR) is 96.6 cm³/mol. The number of aliphatic hydroxyl groups is 1. The largest absolute Gasteiger partial charge is 0.435 e. The summed E-state index contributed by atoms with van der Waals surface area (Å²) < 4.78 is 16.3. The molecule has 1 aliphatic heterocycles. The highest BCUT2D eigenvalue weighted by atomic mass is 32.2. The number of thioether (sulfide) groups is 1. The van der Waals surface area contributed by atoms with E-state index in [1.165, 1.54) is 6.92 Å². The van der Waals surface area contributed by atoms with Gasteiger partial charge in [-0.05, 0) is 20.1 Å². The molecule has 0 aromatic heterocycles. The van der Waals surface area contributed by atoms with Crippen LogP contribution in [0.4, 0.5) is 0 Å². The second-order valence-electron chi connectivity index (χ2n) is 6.67. The number of ketones is 1. The lowest BCUT2D eigenvalue weighted by Gasteiger charge is -2.44. The van der Waals surface area contributed by atoms with Gasteiger partial charge in [0.2, 0.25) is 12.2 Å². The molecule has 9 heteroatoms. The zero-order valence-corrected chi connectivity index (χ0v) is 16.7. The van der Waals surface area contributed by atoms with E-state index >= 15 is 0 Å². The van der Waals surface area contributed by atoms with Crippen molar-refractivity contribution in [1.82, 2.24) is 5.32 Å². The van der Waals surface area contributed by atoms with Gasteiger partial charge in [-0.3, -0.25) is 14.4 Å². The Kier molecular flexibility index (Phi) is 9.56. The summed E-state index contributed by atoms with van der Waals surface area (Å²) >= 11 is 1.56.